The largest absolute Gasteiger partial charge is 0.354 e. The summed E-state index contributed by atoms with van der Waals surface area (Å²) in [5.74, 6) is 1.36. The van der Waals surface area contributed by atoms with Crippen molar-refractivity contribution in [1.82, 2.24) is 9.97 Å². The highest BCUT2D eigenvalue weighted by Crippen LogP contribution is 2.17. The number of anilines is 3. The Morgan fingerprint density at radius 3 is 2.82 bits per heavy atom. The Bertz CT molecular complexity index is 660. The van der Waals surface area contributed by atoms with E-state index in [9.17, 15) is 0 Å². The third-order valence-electron chi connectivity index (χ3n) is 3.18. The highest BCUT2D eigenvalue weighted by atomic mass is 15.1. The van der Waals surface area contributed by atoms with Crippen LogP contribution in [0.2, 0.25) is 0 Å². The Kier molecular flexibility index (Phi) is 5.73. The van der Waals surface area contributed by atoms with Gasteiger partial charge in [-0.15, -0.1) is 0 Å². The second-order valence-electron chi connectivity index (χ2n) is 5.17. The maximum absolute atomic E-state index is 8.94. The Labute approximate surface area is 131 Å². The van der Waals surface area contributed by atoms with Crippen LogP contribution in [-0.4, -0.2) is 16.5 Å². The number of aromatic nitrogens is 2. The van der Waals surface area contributed by atoms with Crippen LogP contribution in [0.1, 0.15) is 37.4 Å². The maximum Gasteiger partial charge on any atom is 0.224 e. The lowest BCUT2D eigenvalue weighted by Gasteiger charge is -2.10. The van der Waals surface area contributed by atoms with E-state index in [0.29, 0.717) is 11.5 Å². The van der Waals surface area contributed by atoms with Gasteiger partial charge in [-0.1, -0.05) is 25.8 Å². The molecular formula is C17H21N5. The molecular weight excluding hydrogens is 274 g/mol. The summed E-state index contributed by atoms with van der Waals surface area (Å²) < 4.78 is 0. The lowest BCUT2D eigenvalue weighted by molar-refractivity contribution is 0.740. The van der Waals surface area contributed by atoms with Crippen LogP contribution in [0, 0.1) is 18.3 Å². The van der Waals surface area contributed by atoms with Gasteiger partial charge in [-0.05, 0) is 31.5 Å². The number of nitriles is 1. The number of nitrogens with one attached hydrogen (secondary N) is 2. The van der Waals surface area contributed by atoms with Crippen LogP contribution < -0.4 is 10.6 Å². The minimum atomic E-state index is 0.619. The van der Waals surface area contributed by atoms with E-state index in [-0.39, 0.29) is 0 Å². The first-order chi connectivity index (χ1) is 10.7. The van der Waals surface area contributed by atoms with Gasteiger partial charge >= 0.3 is 0 Å². The third-order valence-corrected chi connectivity index (χ3v) is 3.18. The molecule has 0 radical (unpaired) electrons. The zero-order valence-corrected chi connectivity index (χ0v) is 13.1. The van der Waals surface area contributed by atoms with E-state index in [2.05, 4.69) is 33.6 Å². The maximum atomic E-state index is 8.94. The van der Waals surface area contributed by atoms with E-state index < -0.39 is 0 Å². The molecule has 1 aromatic carbocycles. The van der Waals surface area contributed by atoms with Crippen molar-refractivity contribution < 1.29 is 0 Å². The fourth-order valence-corrected chi connectivity index (χ4v) is 2.10. The number of rotatable bonds is 7. The Morgan fingerprint density at radius 1 is 1.18 bits per heavy atom. The van der Waals surface area contributed by atoms with Crippen molar-refractivity contribution in [3.63, 3.8) is 0 Å². The molecule has 0 fully saturated rings. The van der Waals surface area contributed by atoms with Gasteiger partial charge in [0.25, 0.3) is 0 Å². The molecule has 1 heterocycles. The molecule has 2 rings (SSSR count). The van der Waals surface area contributed by atoms with Gasteiger partial charge in [0.15, 0.2) is 0 Å². The molecule has 0 saturated carbocycles. The van der Waals surface area contributed by atoms with E-state index in [0.717, 1.165) is 30.2 Å². The van der Waals surface area contributed by atoms with E-state index in [4.69, 9.17) is 5.26 Å². The van der Waals surface area contributed by atoms with Gasteiger partial charge < -0.3 is 10.6 Å². The molecule has 2 aromatic rings. The summed E-state index contributed by atoms with van der Waals surface area (Å²) in [7, 11) is 0. The molecule has 0 atom stereocenters. The monoisotopic (exact) mass is 295 g/mol. The molecule has 0 aliphatic carbocycles. The molecule has 0 unspecified atom stereocenters. The van der Waals surface area contributed by atoms with Crippen molar-refractivity contribution in [1.29, 1.82) is 5.26 Å². The lowest BCUT2D eigenvalue weighted by Crippen LogP contribution is -2.07. The smallest absolute Gasteiger partial charge is 0.224 e. The van der Waals surface area contributed by atoms with Crippen molar-refractivity contribution in [2.75, 3.05) is 17.2 Å². The molecule has 2 N–H and O–H groups in total. The molecule has 0 aliphatic rings. The third kappa shape index (κ3) is 4.74. The summed E-state index contributed by atoms with van der Waals surface area (Å²) in [4.78, 5) is 8.86. The summed E-state index contributed by atoms with van der Waals surface area (Å²) in [6, 6.07) is 11.3. The minimum Gasteiger partial charge on any atom is -0.354 e. The van der Waals surface area contributed by atoms with Crippen LogP contribution >= 0.6 is 0 Å². The number of hydrogen-bond acceptors (Lipinski definition) is 5. The van der Waals surface area contributed by atoms with E-state index in [1.165, 1.54) is 12.8 Å². The number of aryl methyl sites for hydroxylation is 1. The fraction of sp³-hybridized carbons (Fsp3) is 0.353. The zero-order valence-electron chi connectivity index (χ0n) is 13.1. The van der Waals surface area contributed by atoms with Crippen LogP contribution in [0.5, 0.6) is 0 Å². The number of nitrogens with zero attached hydrogens (tertiary/aromatic N) is 3. The van der Waals surface area contributed by atoms with Crippen molar-refractivity contribution in [2.45, 2.75) is 33.1 Å². The first kappa shape index (κ1) is 15.8. The summed E-state index contributed by atoms with van der Waals surface area (Å²) >= 11 is 0. The molecule has 114 valence electrons. The van der Waals surface area contributed by atoms with Gasteiger partial charge in [-0.25, -0.2) is 4.98 Å². The predicted octanol–water partition coefficient (Wildman–Crippen LogP) is 4.00. The summed E-state index contributed by atoms with van der Waals surface area (Å²) in [5.41, 5.74) is 2.36. The molecule has 0 spiro atoms. The quantitative estimate of drug-likeness (QED) is 0.755. The average molecular weight is 295 g/mol. The first-order valence-electron chi connectivity index (χ1n) is 7.58. The molecule has 22 heavy (non-hydrogen) atoms. The standard InChI is InChI=1S/C17H21N5/c1-3-4-5-9-19-17-20-13(2)10-16(22-17)21-15-8-6-7-14(11-15)12-18/h6-8,10-11H,3-5,9H2,1-2H3,(H2,19,20,21,22). The number of benzene rings is 1. The average Bonchev–Trinajstić information content (AvgIpc) is 2.51. The summed E-state index contributed by atoms with van der Waals surface area (Å²) in [6.45, 7) is 5.00. The highest BCUT2D eigenvalue weighted by Gasteiger charge is 2.03. The van der Waals surface area contributed by atoms with Crippen LogP contribution in [0.3, 0.4) is 0 Å². The van der Waals surface area contributed by atoms with Gasteiger partial charge in [-0.2, -0.15) is 10.2 Å². The van der Waals surface area contributed by atoms with Crippen molar-refractivity contribution in [3.8, 4) is 6.07 Å². The van der Waals surface area contributed by atoms with Gasteiger partial charge in [0, 0.05) is 24.0 Å². The van der Waals surface area contributed by atoms with Gasteiger partial charge in [0.1, 0.15) is 5.82 Å². The van der Waals surface area contributed by atoms with E-state index in [1.54, 1.807) is 12.1 Å². The van der Waals surface area contributed by atoms with Gasteiger partial charge in [0.2, 0.25) is 5.95 Å². The first-order valence-corrected chi connectivity index (χ1v) is 7.58. The molecule has 5 nitrogen and oxygen atoms in total. The fourth-order valence-electron chi connectivity index (χ4n) is 2.10. The second-order valence-corrected chi connectivity index (χ2v) is 5.17. The predicted molar refractivity (Wildman–Crippen MR) is 89.2 cm³/mol. The van der Waals surface area contributed by atoms with Crippen molar-refractivity contribution in [3.05, 3.63) is 41.6 Å². The zero-order chi connectivity index (χ0) is 15.8. The summed E-state index contributed by atoms with van der Waals surface area (Å²) in [6.07, 6.45) is 3.50. The Hall–Kier alpha value is -2.61. The van der Waals surface area contributed by atoms with Crippen LogP contribution in [0.15, 0.2) is 30.3 Å². The highest BCUT2D eigenvalue weighted by molar-refractivity contribution is 5.59. The lowest BCUT2D eigenvalue weighted by atomic mass is 10.2. The van der Waals surface area contributed by atoms with Gasteiger partial charge in [-0.3, -0.25) is 0 Å². The molecule has 1 aromatic heterocycles. The number of hydrogen-bond donors (Lipinski definition) is 2. The SMILES string of the molecule is CCCCCNc1nc(C)cc(Nc2cccc(C#N)c2)n1. The van der Waals surface area contributed by atoms with Crippen molar-refractivity contribution in [2.24, 2.45) is 0 Å². The molecule has 0 aliphatic heterocycles. The summed E-state index contributed by atoms with van der Waals surface area (Å²) in [5, 5.41) is 15.4. The van der Waals surface area contributed by atoms with Crippen LogP contribution in [0.4, 0.5) is 17.5 Å². The van der Waals surface area contributed by atoms with Crippen molar-refractivity contribution >= 4 is 17.5 Å². The molecule has 0 amide bonds. The van der Waals surface area contributed by atoms with Crippen LogP contribution in [0.25, 0.3) is 0 Å². The number of unbranched alkanes of at least 4 members (excludes halogenated alkanes) is 2. The molecule has 5 heteroatoms. The second kappa shape index (κ2) is 7.99. The minimum absolute atomic E-state index is 0.619. The van der Waals surface area contributed by atoms with E-state index >= 15 is 0 Å². The van der Waals surface area contributed by atoms with Crippen LogP contribution in [-0.2, 0) is 0 Å². The van der Waals surface area contributed by atoms with E-state index in [1.807, 2.05) is 25.1 Å². The molecule has 0 bridgehead atoms. The topological polar surface area (TPSA) is 73.6 Å². The van der Waals surface area contributed by atoms with Gasteiger partial charge in [0.05, 0.1) is 11.6 Å². The molecule has 0 saturated heterocycles. The normalized spacial score (nSPS) is 10.0. The Morgan fingerprint density at radius 2 is 2.05 bits per heavy atom. The Balaban J connectivity index is 2.07.